The van der Waals surface area contributed by atoms with Crippen molar-refractivity contribution in [1.82, 2.24) is 0 Å². The topological polar surface area (TPSA) is 210 Å². The third-order valence-electron chi connectivity index (χ3n) is 12.7. The summed E-state index contributed by atoms with van der Waals surface area (Å²) >= 11 is 0. The van der Waals surface area contributed by atoms with Gasteiger partial charge in [-0.25, -0.2) is 4.57 Å². The molecule has 1 rings (SSSR count). The molecule has 1 aliphatic rings. The number of phosphoric acid groups is 1. The van der Waals surface area contributed by atoms with Crippen LogP contribution in [-0.4, -0.2) is 98.3 Å². The summed E-state index contributed by atoms with van der Waals surface area (Å²) < 4.78 is 33.7. The van der Waals surface area contributed by atoms with Crippen LogP contribution in [0.2, 0.25) is 0 Å². The molecule has 0 spiro atoms. The van der Waals surface area contributed by atoms with Gasteiger partial charge in [0.2, 0.25) is 0 Å². The van der Waals surface area contributed by atoms with Crippen molar-refractivity contribution in [3.63, 3.8) is 0 Å². The van der Waals surface area contributed by atoms with Crippen LogP contribution in [0.15, 0.2) is 36.5 Å². The van der Waals surface area contributed by atoms with Gasteiger partial charge in [0.1, 0.15) is 43.2 Å². The minimum Gasteiger partial charge on any atom is -0.462 e. The largest absolute Gasteiger partial charge is 0.472 e. The normalized spacial score (nSPS) is 21.2. The summed E-state index contributed by atoms with van der Waals surface area (Å²) in [6.07, 6.45) is 39.1. The molecule has 0 amide bonds. The molecule has 1 fully saturated rings. The molecule has 0 saturated heterocycles. The van der Waals surface area contributed by atoms with Crippen molar-refractivity contribution in [2.45, 2.75) is 281 Å². The van der Waals surface area contributed by atoms with E-state index in [4.69, 9.17) is 18.5 Å². The van der Waals surface area contributed by atoms with E-state index in [0.29, 0.717) is 12.8 Å². The van der Waals surface area contributed by atoms with Crippen molar-refractivity contribution in [2.24, 2.45) is 0 Å². The smallest absolute Gasteiger partial charge is 0.462 e. The molecule has 0 aliphatic heterocycles. The Morgan fingerprint density at radius 3 is 1.24 bits per heavy atom. The number of esters is 2. The van der Waals surface area contributed by atoms with Crippen molar-refractivity contribution < 1.29 is 63.1 Å². The molecule has 0 heterocycles. The molecule has 14 heteroatoms. The van der Waals surface area contributed by atoms with E-state index in [2.05, 4.69) is 50.3 Å². The second-order valence-corrected chi connectivity index (χ2v) is 20.5. The monoisotopic (exact) mass is 987 g/mol. The highest BCUT2D eigenvalue weighted by Gasteiger charge is 2.51. The van der Waals surface area contributed by atoms with Gasteiger partial charge in [-0.15, -0.1) is 0 Å². The van der Waals surface area contributed by atoms with Crippen LogP contribution in [0.3, 0.4) is 0 Å². The maximum absolute atomic E-state index is 12.9. The Morgan fingerprint density at radius 2 is 0.794 bits per heavy atom. The molecule has 0 aromatic carbocycles. The highest BCUT2D eigenvalue weighted by atomic mass is 31.2. The molecular weight excluding hydrogens is 888 g/mol. The zero-order chi connectivity index (χ0) is 49.9. The van der Waals surface area contributed by atoms with Gasteiger partial charge in [-0.1, -0.05) is 211 Å². The van der Waals surface area contributed by atoms with Crippen LogP contribution in [0.5, 0.6) is 0 Å². The fourth-order valence-electron chi connectivity index (χ4n) is 8.36. The number of aliphatic hydroxyl groups is 5. The number of carbonyl (C=O) groups is 2. The number of aliphatic hydroxyl groups excluding tert-OH is 5. The van der Waals surface area contributed by atoms with Crippen LogP contribution in [0.1, 0.15) is 239 Å². The molecule has 0 aromatic heterocycles. The lowest BCUT2D eigenvalue weighted by atomic mass is 9.85. The van der Waals surface area contributed by atoms with E-state index >= 15 is 0 Å². The number of unbranched alkanes of at least 4 members (excludes halogenated alkanes) is 28. The first-order chi connectivity index (χ1) is 32.9. The Morgan fingerprint density at radius 1 is 0.456 bits per heavy atom. The summed E-state index contributed by atoms with van der Waals surface area (Å²) in [5.41, 5.74) is 0. The van der Waals surface area contributed by atoms with Crippen molar-refractivity contribution in [3.05, 3.63) is 36.5 Å². The highest BCUT2D eigenvalue weighted by molar-refractivity contribution is 7.47. The number of phosphoric ester groups is 1. The minimum absolute atomic E-state index is 0.0729. The number of hydrogen-bond acceptors (Lipinski definition) is 12. The lowest BCUT2D eigenvalue weighted by Gasteiger charge is -2.41. The molecule has 68 heavy (non-hydrogen) atoms. The summed E-state index contributed by atoms with van der Waals surface area (Å²) in [6, 6.07) is 0. The van der Waals surface area contributed by atoms with Gasteiger partial charge in [-0.2, -0.15) is 0 Å². The molecular formula is C54H99O13P. The summed E-state index contributed by atoms with van der Waals surface area (Å²) in [5.74, 6) is -1.11. The average molecular weight is 987 g/mol. The first-order valence-electron chi connectivity index (χ1n) is 27.3. The first kappa shape index (κ1) is 64.1. The Kier molecular flexibility index (Phi) is 41.3. The summed E-state index contributed by atoms with van der Waals surface area (Å²) in [4.78, 5) is 35.9. The first-order valence-corrected chi connectivity index (χ1v) is 28.8. The van der Waals surface area contributed by atoms with Crippen LogP contribution >= 0.6 is 7.82 Å². The van der Waals surface area contributed by atoms with Crippen LogP contribution in [0.25, 0.3) is 0 Å². The van der Waals surface area contributed by atoms with E-state index in [1.54, 1.807) is 0 Å². The Bertz CT molecular complexity index is 1330. The molecule has 398 valence electrons. The van der Waals surface area contributed by atoms with Crippen LogP contribution in [-0.2, 0) is 32.7 Å². The fourth-order valence-corrected chi connectivity index (χ4v) is 9.33. The average Bonchev–Trinajstić information content (AvgIpc) is 3.32. The molecule has 8 atom stereocenters. The number of rotatable bonds is 46. The summed E-state index contributed by atoms with van der Waals surface area (Å²) in [6.45, 7) is 3.30. The minimum atomic E-state index is -5.13. The summed E-state index contributed by atoms with van der Waals surface area (Å²) in [7, 11) is -5.13. The predicted molar refractivity (Wildman–Crippen MR) is 272 cm³/mol. The lowest BCUT2D eigenvalue weighted by molar-refractivity contribution is -0.220. The second-order valence-electron chi connectivity index (χ2n) is 19.1. The highest BCUT2D eigenvalue weighted by Crippen LogP contribution is 2.47. The van der Waals surface area contributed by atoms with E-state index in [0.717, 1.165) is 64.2 Å². The van der Waals surface area contributed by atoms with Crippen molar-refractivity contribution >= 4 is 19.8 Å². The third-order valence-corrected chi connectivity index (χ3v) is 13.7. The van der Waals surface area contributed by atoms with Crippen LogP contribution < -0.4 is 0 Å². The summed E-state index contributed by atoms with van der Waals surface area (Å²) in [5, 5.41) is 50.3. The molecule has 6 N–H and O–H groups in total. The van der Waals surface area contributed by atoms with Gasteiger partial charge in [0.05, 0.1) is 6.61 Å². The molecule has 1 aliphatic carbocycles. The molecule has 1 saturated carbocycles. The molecule has 13 nitrogen and oxygen atoms in total. The van der Waals surface area contributed by atoms with Gasteiger partial charge in [-0.05, 0) is 51.4 Å². The number of hydrogen-bond donors (Lipinski definition) is 6. The third kappa shape index (κ3) is 35.2. The second kappa shape index (κ2) is 43.8. The Hall–Kier alpha value is -1.93. The van der Waals surface area contributed by atoms with Crippen molar-refractivity contribution in [3.8, 4) is 0 Å². The molecule has 6 unspecified atom stereocenters. The molecule has 0 aromatic rings. The predicted octanol–water partition coefficient (Wildman–Crippen LogP) is 12.1. The standard InChI is InChI=1S/C54H99O13P/c1-3-5-7-9-11-13-15-17-19-21-22-23-24-25-27-28-30-32-34-36-38-40-42-47(55)64-44-46(45-65-68(62,63)67-54-52(60)50(58)49(57)51(59)53(54)61)66-48(56)43-41-39-37-35-33-31-29-26-20-18-16-14-12-10-8-6-4-2/h12,14,18,20,29,31,46,49-54,57-61H,3-11,13,15-17,19,21-28,30,32-45H2,1-2H3,(H,62,63)/b14-12+,20-18+,31-29+/t46-,49?,50-,51?,52?,53?,54?/m0/s1. The maximum Gasteiger partial charge on any atom is 0.472 e. The van der Waals surface area contributed by atoms with Gasteiger partial charge in [0.15, 0.2) is 6.10 Å². The zero-order valence-electron chi connectivity index (χ0n) is 42.7. The quantitative estimate of drug-likeness (QED) is 0.0145. The van der Waals surface area contributed by atoms with Gasteiger partial charge in [0.25, 0.3) is 0 Å². The van der Waals surface area contributed by atoms with E-state index in [-0.39, 0.29) is 12.8 Å². The fraction of sp³-hybridized carbons (Fsp3) is 0.852. The van der Waals surface area contributed by atoms with Gasteiger partial charge < -0.3 is 39.9 Å². The van der Waals surface area contributed by atoms with Gasteiger partial charge >= 0.3 is 19.8 Å². The van der Waals surface area contributed by atoms with E-state index in [1.165, 1.54) is 135 Å². The van der Waals surface area contributed by atoms with Crippen LogP contribution in [0, 0.1) is 0 Å². The Balaban J connectivity index is 2.36. The van der Waals surface area contributed by atoms with E-state index in [9.17, 15) is 44.6 Å². The zero-order valence-corrected chi connectivity index (χ0v) is 43.6. The van der Waals surface area contributed by atoms with E-state index < -0.39 is 75.7 Å². The molecule has 0 radical (unpaired) electrons. The lowest BCUT2D eigenvalue weighted by Crippen LogP contribution is -2.64. The Labute approximate surface area is 412 Å². The number of ether oxygens (including phenoxy) is 2. The SMILES string of the molecule is CCCCC/C=C/C/C=C/C/C=C/CCCCCCC(=O)O[C@@H](COC(=O)CCCCCCCCCCCCCCCCCCCCCCCC)COP(=O)(O)OC1C(O)C(O)C(O)[C@H](O)C1O. The number of carbonyl (C=O) groups excluding carboxylic acids is 2. The van der Waals surface area contributed by atoms with Crippen LogP contribution in [0.4, 0.5) is 0 Å². The maximum atomic E-state index is 12.9. The van der Waals surface area contributed by atoms with Gasteiger partial charge in [-0.3, -0.25) is 18.6 Å². The van der Waals surface area contributed by atoms with E-state index in [1.807, 2.05) is 0 Å². The van der Waals surface area contributed by atoms with Gasteiger partial charge in [0, 0.05) is 12.8 Å². The van der Waals surface area contributed by atoms with Crippen molar-refractivity contribution in [1.29, 1.82) is 0 Å². The van der Waals surface area contributed by atoms with Crippen molar-refractivity contribution in [2.75, 3.05) is 13.2 Å². The number of allylic oxidation sites excluding steroid dienone is 6. The molecule has 0 bridgehead atoms.